The molecule has 1 N–H and O–H groups in total. The Kier molecular flexibility index (Phi) is 4.91. The van der Waals surface area contributed by atoms with Gasteiger partial charge in [0.1, 0.15) is 5.75 Å². The van der Waals surface area contributed by atoms with Gasteiger partial charge in [-0.2, -0.15) is 0 Å². The standard InChI is InChI=1S/C16H24BrNO/c1-10-5-7-15(11(10)2)18-12(3)13-6-8-16(19-4)14(17)9-13/h6,8-12,15,18H,5,7H2,1-4H3. The fourth-order valence-electron chi connectivity index (χ4n) is 2.97. The van der Waals surface area contributed by atoms with Crippen molar-refractivity contribution in [1.82, 2.24) is 5.32 Å². The molecule has 19 heavy (non-hydrogen) atoms. The number of halogens is 1. The zero-order chi connectivity index (χ0) is 14.0. The van der Waals surface area contributed by atoms with Gasteiger partial charge in [-0.3, -0.25) is 0 Å². The van der Waals surface area contributed by atoms with E-state index in [2.05, 4.69) is 54.2 Å². The quantitative estimate of drug-likeness (QED) is 0.877. The Balaban J connectivity index is 2.04. The van der Waals surface area contributed by atoms with Crippen LogP contribution < -0.4 is 10.1 Å². The van der Waals surface area contributed by atoms with Crippen molar-refractivity contribution < 1.29 is 4.74 Å². The second-order valence-corrected chi connectivity index (χ2v) is 6.66. The zero-order valence-corrected chi connectivity index (χ0v) is 13.8. The molecule has 3 heteroatoms. The molecule has 0 spiro atoms. The van der Waals surface area contributed by atoms with Crippen LogP contribution in [0, 0.1) is 11.8 Å². The molecule has 1 aromatic rings. The number of rotatable bonds is 4. The summed E-state index contributed by atoms with van der Waals surface area (Å²) >= 11 is 3.56. The number of hydrogen-bond acceptors (Lipinski definition) is 2. The Bertz CT molecular complexity index is 435. The molecule has 106 valence electrons. The van der Waals surface area contributed by atoms with Crippen molar-refractivity contribution in [2.45, 2.75) is 45.7 Å². The van der Waals surface area contributed by atoms with Gasteiger partial charge in [-0.25, -0.2) is 0 Å². The molecule has 0 amide bonds. The summed E-state index contributed by atoms with van der Waals surface area (Å²) in [5.74, 6) is 2.50. The average Bonchev–Trinajstić information content (AvgIpc) is 2.70. The Labute approximate surface area is 125 Å². The lowest BCUT2D eigenvalue weighted by atomic mass is 9.96. The van der Waals surface area contributed by atoms with Crippen molar-refractivity contribution in [3.8, 4) is 5.75 Å². The molecule has 0 aliphatic heterocycles. The molecule has 1 aliphatic carbocycles. The highest BCUT2D eigenvalue weighted by atomic mass is 79.9. The molecule has 1 fully saturated rings. The van der Waals surface area contributed by atoms with Gasteiger partial charge in [0.15, 0.2) is 0 Å². The number of nitrogens with one attached hydrogen (secondary N) is 1. The van der Waals surface area contributed by atoms with Gasteiger partial charge in [-0.05, 0) is 65.2 Å². The number of benzene rings is 1. The maximum Gasteiger partial charge on any atom is 0.133 e. The molecule has 0 aromatic heterocycles. The minimum atomic E-state index is 0.375. The van der Waals surface area contributed by atoms with Gasteiger partial charge in [0.25, 0.3) is 0 Å². The summed E-state index contributed by atoms with van der Waals surface area (Å²) in [7, 11) is 1.70. The second-order valence-electron chi connectivity index (χ2n) is 5.80. The first-order valence-electron chi connectivity index (χ1n) is 7.12. The number of ether oxygens (including phenoxy) is 1. The van der Waals surface area contributed by atoms with Gasteiger partial charge in [0.2, 0.25) is 0 Å². The molecule has 1 saturated carbocycles. The highest BCUT2D eigenvalue weighted by Crippen LogP contribution is 2.33. The van der Waals surface area contributed by atoms with E-state index in [1.54, 1.807) is 7.11 Å². The fourth-order valence-corrected chi connectivity index (χ4v) is 3.53. The van der Waals surface area contributed by atoms with E-state index in [9.17, 15) is 0 Å². The molecule has 0 heterocycles. The van der Waals surface area contributed by atoms with Crippen LogP contribution in [-0.4, -0.2) is 13.2 Å². The van der Waals surface area contributed by atoms with Crippen LogP contribution in [0.2, 0.25) is 0 Å². The van der Waals surface area contributed by atoms with Crippen molar-refractivity contribution >= 4 is 15.9 Å². The lowest BCUT2D eigenvalue weighted by Gasteiger charge is -2.25. The summed E-state index contributed by atoms with van der Waals surface area (Å²) in [6.07, 6.45) is 2.64. The third-order valence-electron chi connectivity index (χ3n) is 4.61. The molecule has 4 unspecified atom stereocenters. The van der Waals surface area contributed by atoms with Gasteiger partial charge in [-0.1, -0.05) is 19.9 Å². The van der Waals surface area contributed by atoms with Crippen LogP contribution in [0.3, 0.4) is 0 Å². The van der Waals surface area contributed by atoms with E-state index >= 15 is 0 Å². The average molecular weight is 326 g/mol. The van der Waals surface area contributed by atoms with Gasteiger partial charge >= 0.3 is 0 Å². The zero-order valence-electron chi connectivity index (χ0n) is 12.2. The molecular formula is C16H24BrNO. The van der Waals surface area contributed by atoms with Crippen LogP contribution in [0.5, 0.6) is 5.75 Å². The van der Waals surface area contributed by atoms with Crippen molar-refractivity contribution in [2.24, 2.45) is 11.8 Å². The maximum atomic E-state index is 5.28. The van der Waals surface area contributed by atoms with Crippen LogP contribution in [0.4, 0.5) is 0 Å². The SMILES string of the molecule is COc1ccc(C(C)NC2CCC(C)C2C)cc1Br. The lowest BCUT2D eigenvalue weighted by Crippen LogP contribution is -2.34. The van der Waals surface area contributed by atoms with Crippen LogP contribution in [0.15, 0.2) is 22.7 Å². The molecular weight excluding hydrogens is 302 g/mol. The monoisotopic (exact) mass is 325 g/mol. The van der Waals surface area contributed by atoms with Crippen LogP contribution in [0.25, 0.3) is 0 Å². The first kappa shape index (κ1) is 14.9. The number of methoxy groups -OCH3 is 1. The second kappa shape index (κ2) is 6.27. The summed E-state index contributed by atoms with van der Waals surface area (Å²) < 4.78 is 6.30. The van der Waals surface area contributed by atoms with E-state index in [4.69, 9.17) is 4.74 Å². The smallest absolute Gasteiger partial charge is 0.133 e. The molecule has 2 nitrogen and oxygen atoms in total. The summed E-state index contributed by atoms with van der Waals surface area (Å²) in [5, 5.41) is 3.78. The van der Waals surface area contributed by atoms with E-state index < -0.39 is 0 Å². The van der Waals surface area contributed by atoms with E-state index in [0.717, 1.165) is 22.1 Å². The molecule has 1 aromatic carbocycles. The van der Waals surface area contributed by atoms with Gasteiger partial charge in [-0.15, -0.1) is 0 Å². The first-order valence-corrected chi connectivity index (χ1v) is 7.91. The van der Waals surface area contributed by atoms with Gasteiger partial charge in [0.05, 0.1) is 11.6 Å². The maximum absolute atomic E-state index is 5.28. The predicted molar refractivity (Wildman–Crippen MR) is 83.6 cm³/mol. The minimum Gasteiger partial charge on any atom is -0.496 e. The topological polar surface area (TPSA) is 21.3 Å². The van der Waals surface area contributed by atoms with Crippen molar-refractivity contribution in [3.05, 3.63) is 28.2 Å². The van der Waals surface area contributed by atoms with Crippen molar-refractivity contribution in [3.63, 3.8) is 0 Å². The van der Waals surface area contributed by atoms with E-state index in [-0.39, 0.29) is 0 Å². The molecule has 0 saturated heterocycles. The third kappa shape index (κ3) is 3.32. The van der Waals surface area contributed by atoms with Gasteiger partial charge < -0.3 is 10.1 Å². The normalized spacial score (nSPS) is 28.4. The van der Waals surface area contributed by atoms with E-state index in [0.29, 0.717) is 12.1 Å². The fraction of sp³-hybridized carbons (Fsp3) is 0.625. The van der Waals surface area contributed by atoms with E-state index in [1.165, 1.54) is 18.4 Å². The summed E-state index contributed by atoms with van der Waals surface area (Å²) in [6.45, 7) is 6.97. The van der Waals surface area contributed by atoms with E-state index in [1.807, 2.05) is 6.07 Å². The first-order chi connectivity index (χ1) is 9.02. The highest BCUT2D eigenvalue weighted by molar-refractivity contribution is 9.10. The van der Waals surface area contributed by atoms with Crippen LogP contribution in [0.1, 0.15) is 45.2 Å². The summed E-state index contributed by atoms with van der Waals surface area (Å²) in [5.41, 5.74) is 1.31. The molecule has 1 aliphatic rings. The Morgan fingerprint density at radius 2 is 2.05 bits per heavy atom. The molecule has 0 bridgehead atoms. The third-order valence-corrected chi connectivity index (χ3v) is 5.22. The number of hydrogen-bond donors (Lipinski definition) is 1. The summed E-state index contributed by atoms with van der Waals surface area (Å²) in [6, 6.07) is 7.34. The molecule has 4 atom stereocenters. The van der Waals surface area contributed by atoms with Crippen LogP contribution >= 0.6 is 15.9 Å². The Morgan fingerprint density at radius 3 is 2.58 bits per heavy atom. The summed E-state index contributed by atoms with van der Waals surface area (Å²) in [4.78, 5) is 0. The van der Waals surface area contributed by atoms with Crippen molar-refractivity contribution in [1.29, 1.82) is 0 Å². The highest BCUT2D eigenvalue weighted by Gasteiger charge is 2.30. The largest absolute Gasteiger partial charge is 0.496 e. The molecule has 2 rings (SSSR count). The Morgan fingerprint density at radius 1 is 1.32 bits per heavy atom. The minimum absolute atomic E-state index is 0.375. The van der Waals surface area contributed by atoms with Crippen molar-refractivity contribution in [2.75, 3.05) is 7.11 Å². The molecule has 0 radical (unpaired) electrons. The van der Waals surface area contributed by atoms with Crippen LogP contribution in [-0.2, 0) is 0 Å². The lowest BCUT2D eigenvalue weighted by molar-refractivity contribution is 0.347. The Hall–Kier alpha value is -0.540. The predicted octanol–water partition coefficient (Wildman–Crippen LogP) is 4.54. The van der Waals surface area contributed by atoms with Gasteiger partial charge in [0, 0.05) is 12.1 Å².